The van der Waals surface area contributed by atoms with E-state index in [2.05, 4.69) is 0 Å². The molecule has 1 spiro atoms. The van der Waals surface area contributed by atoms with Gasteiger partial charge < -0.3 is 4.74 Å². The van der Waals surface area contributed by atoms with Crippen LogP contribution in [0.25, 0.3) is 0 Å². The smallest absolute Gasteiger partial charge is 0.140 e. The lowest BCUT2D eigenvalue weighted by atomic mass is 9.81. The number of hydrogen-bond donors (Lipinski definition) is 0. The van der Waals surface area contributed by atoms with Crippen molar-refractivity contribution in [2.75, 3.05) is 6.61 Å². The molecule has 1 unspecified atom stereocenters. The van der Waals surface area contributed by atoms with Crippen LogP contribution < -0.4 is 0 Å². The average Bonchev–Trinajstić information content (AvgIpc) is 2.90. The van der Waals surface area contributed by atoms with Crippen LogP contribution in [0.2, 0.25) is 5.02 Å². The lowest BCUT2D eigenvalue weighted by Crippen LogP contribution is -2.40. The Morgan fingerprint density at radius 3 is 2.86 bits per heavy atom. The van der Waals surface area contributed by atoms with E-state index in [9.17, 15) is 9.18 Å². The quantitative estimate of drug-likeness (QED) is 0.830. The summed E-state index contributed by atoms with van der Waals surface area (Å²) in [5, 5.41) is 0.339. The van der Waals surface area contributed by atoms with E-state index >= 15 is 0 Å². The Morgan fingerprint density at radius 1 is 1.38 bits per heavy atom. The van der Waals surface area contributed by atoms with E-state index in [1.165, 1.54) is 25.0 Å². The third kappa shape index (κ3) is 3.29. The lowest BCUT2D eigenvalue weighted by molar-refractivity contribution is -0.135. The molecule has 0 bridgehead atoms. The van der Waals surface area contributed by atoms with Crippen molar-refractivity contribution in [3.05, 3.63) is 34.6 Å². The van der Waals surface area contributed by atoms with Crippen LogP contribution in [0.15, 0.2) is 18.2 Å². The fraction of sp³-hybridized carbons (Fsp3) is 0.588. The topological polar surface area (TPSA) is 26.3 Å². The third-order valence-electron chi connectivity index (χ3n) is 4.84. The summed E-state index contributed by atoms with van der Waals surface area (Å²) in [6.45, 7) is 0.674. The van der Waals surface area contributed by atoms with Crippen LogP contribution in [0.1, 0.15) is 44.1 Å². The minimum atomic E-state index is -0.368. The molecule has 1 heterocycles. The van der Waals surface area contributed by atoms with Crippen molar-refractivity contribution in [1.29, 1.82) is 0 Å². The summed E-state index contributed by atoms with van der Waals surface area (Å²) >= 11 is 6.02. The van der Waals surface area contributed by atoms with E-state index in [1.54, 1.807) is 6.07 Å². The van der Waals surface area contributed by atoms with Gasteiger partial charge in [-0.3, -0.25) is 4.79 Å². The fourth-order valence-corrected chi connectivity index (χ4v) is 3.90. The Labute approximate surface area is 129 Å². The van der Waals surface area contributed by atoms with Crippen molar-refractivity contribution in [3.63, 3.8) is 0 Å². The van der Waals surface area contributed by atoms with Crippen LogP contribution in [0, 0.1) is 11.7 Å². The van der Waals surface area contributed by atoms with E-state index in [0.29, 0.717) is 18.1 Å². The Kier molecular flexibility index (Phi) is 4.32. The number of halogens is 2. The first kappa shape index (κ1) is 15.0. The number of hydrogen-bond acceptors (Lipinski definition) is 2. The molecule has 0 N–H and O–H groups in total. The van der Waals surface area contributed by atoms with Gasteiger partial charge in [0.05, 0.1) is 5.60 Å². The molecule has 4 heteroatoms. The molecule has 2 fully saturated rings. The van der Waals surface area contributed by atoms with Crippen molar-refractivity contribution in [1.82, 2.24) is 0 Å². The molecule has 0 radical (unpaired) electrons. The van der Waals surface area contributed by atoms with Gasteiger partial charge >= 0.3 is 0 Å². The normalized spacial score (nSPS) is 24.4. The first-order chi connectivity index (χ1) is 10.1. The maximum Gasteiger partial charge on any atom is 0.140 e. The van der Waals surface area contributed by atoms with E-state index < -0.39 is 0 Å². The molecular weight excluding hydrogens is 291 g/mol. The number of rotatable bonds is 3. The molecule has 1 aliphatic heterocycles. The molecule has 2 nitrogen and oxygen atoms in total. The van der Waals surface area contributed by atoms with E-state index in [0.717, 1.165) is 31.2 Å². The zero-order valence-electron chi connectivity index (χ0n) is 12.0. The SMILES string of the molecule is O=C(Cc1ccc(F)cc1Cl)C1CCOC2(CCCC2)C1. The molecule has 3 rings (SSSR count). The maximum absolute atomic E-state index is 13.1. The van der Waals surface area contributed by atoms with Crippen molar-refractivity contribution in [3.8, 4) is 0 Å². The van der Waals surface area contributed by atoms with Gasteiger partial charge in [0.2, 0.25) is 0 Å². The van der Waals surface area contributed by atoms with Crippen molar-refractivity contribution in [2.45, 2.75) is 50.5 Å². The van der Waals surface area contributed by atoms with Crippen molar-refractivity contribution in [2.24, 2.45) is 5.92 Å². The number of benzene rings is 1. The Balaban J connectivity index is 1.67. The van der Waals surface area contributed by atoms with E-state index in [-0.39, 0.29) is 23.1 Å². The highest BCUT2D eigenvalue weighted by molar-refractivity contribution is 6.31. The summed E-state index contributed by atoms with van der Waals surface area (Å²) < 4.78 is 19.0. The standard InChI is InChI=1S/C17H20ClFO2/c18-15-10-14(19)4-3-12(15)9-16(20)13-5-8-21-17(11-13)6-1-2-7-17/h3-4,10,13H,1-2,5-9,11H2. The summed E-state index contributed by atoms with van der Waals surface area (Å²) in [6, 6.07) is 4.24. The maximum atomic E-state index is 13.1. The molecule has 21 heavy (non-hydrogen) atoms. The van der Waals surface area contributed by atoms with Crippen molar-refractivity contribution >= 4 is 17.4 Å². The van der Waals surface area contributed by atoms with E-state index in [4.69, 9.17) is 16.3 Å². The molecule has 1 saturated heterocycles. The van der Waals surface area contributed by atoms with Crippen LogP contribution in [0.5, 0.6) is 0 Å². The third-order valence-corrected chi connectivity index (χ3v) is 5.19. The highest BCUT2D eigenvalue weighted by Gasteiger charge is 2.41. The molecule has 0 aromatic heterocycles. The summed E-state index contributed by atoms with van der Waals surface area (Å²) in [5.41, 5.74) is 0.667. The van der Waals surface area contributed by atoms with Gasteiger partial charge in [0.15, 0.2) is 0 Å². The highest BCUT2D eigenvalue weighted by atomic mass is 35.5. The van der Waals surface area contributed by atoms with Gasteiger partial charge in [-0.1, -0.05) is 30.5 Å². The molecular formula is C17H20ClFO2. The van der Waals surface area contributed by atoms with Crippen molar-refractivity contribution < 1.29 is 13.9 Å². The molecule has 1 aromatic rings. The van der Waals surface area contributed by atoms with Crippen LogP contribution in [-0.4, -0.2) is 18.0 Å². The van der Waals surface area contributed by atoms with Gasteiger partial charge in [0.25, 0.3) is 0 Å². The number of carbonyl (C=O) groups excluding carboxylic acids is 1. The largest absolute Gasteiger partial charge is 0.375 e. The molecule has 114 valence electrons. The lowest BCUT2D eigenvalue weighted by Gasteiger charge is -2.37. The van der Waals surface area contributed by atoms with Gasteiger partial charge in [0, 0.05) is 24.0 Å². The first-order valence-electron chi connectivity index (χ1n) is 7.69. The second-order valence-electron chi connectivity index (χ2n) is 6.31. The highest BCUT2D eigenvalue weighted by Crippen LogP contribution is 2.42. The van der Waals surface area contributed by atoms with Gasteiger partial charge in [-0.2, -0.15) is 0 Å². The fourth-order valence-electron chi connectivity index (χ4n) is 3.67. The zero-order valence-corrected chi connectivity index (χ0v) is 12.8. The minimum absolute atomic E-state index is 0.0504. The van der Waals surface area contributed by atoms with Gasteiger partial charge in [-0.15, -0.1) is 0 Å². The molecule has 1 saturated carbocycles. The van der Waals surface area contributed by atoms with Crippen LogP contribution in [-0.2, 0) is 16.0 Å². The number of carbonyl (C=O) groups is 1. The monoisotopic (exact) mass is 310 g/mol. The number of ether oxygens (including phenoxy) is 1. The molecule has 1 atom stereocenters. The Bertz CT molecular complexity index is 538. The molecule has 0 amide bonds. The van der Waals surface area contributed by atoms with E-state index in [1.807, 2.05) is 0 Å². The predicted molar refractivity (Wildman–Crippen MR) is 80.0 cm³/mol. The zero-order chi connectivity index (χ0) is 14.9. The van der Waals surface area contributed by atoms with Gasteiger partial charge in [-0.05, 0) is 43.4 Å². The van der Waals surface area contributed by atoms with Crippen LogP contribution in [0.4, 0.5) is 4.39 Å². The summed E-state index contributed by atoms with van der Waals surface area (Å²) in [5.74, 6) is -0.108. The van der Waals surface area contributed by atoms with Gasteiger partial charge in [-0.25, -0.2) is 4.39 Å². The van der Waals surface area contributed by atoms with Gasteiger partial charge in [0.1, 0.15) is 11.6 Å². The first-order valence-corrected chi connectivity index (χ1v) is 8.06. The second-order valence-corrected chi connectivity index (χ2v) is 6.71. The predicted octanol–water partition coefficient (Wildman–Crippen LogP) is 4.33. The Morgan fingerprint density at radius 2 is 2.14 bits per heavy atom. The summed E-state index contributed by atoms with van der Waals surface area (Å²) in [7, 11) is 0. The molecule has 2 aliphatic rings. The summed E-state index contributed by atoms with van der Waals surface area (Å²) in [4.78, 5) is 12.5. The molecule has 1 aromatic carbocycles. The number of Topliss-reactive ketones (excluding diaryl/α,β-unsaturated/α-hetero) is 1. The average molecular weight is 311 g/mol. The minimum Gasteiger partial charge on any atom is -0.375 e. The van der Waals surface area contributed by atoms with Crippen LogP contribution in [0.3, 0.4) is 0 Å². The number of ketones is 1. The summed E-state index contributed by atoms with van der Waals surface area (Å²) in [6.07, 6.45) is 6.47. The Hall–Kier alpha value is -0.930. The second kappa shape index (κ2) is 6.05. The van der Waals surface area contributed by atoms with Crippen LogP contribution >= 0.6 is 11.6 Å². The molecule has 1 aliphatic carbocycles.